The number of hydrogen-bond acceptors (Lipinski definition) is 3. The van der Waals surface area contributed by atoms with E-state index in [2.05, 4.69) is 5.32 Å². The molecule has 1 heterocycles. The molecule has 1 fully saturated rings. The highest BCUT2D eigenvalue weighted by Crippen LogP contribution is 2.10. The molecule has 1 aliphatic heterocycles. The number of amides is 2. The molecule has 2 amide bonds. The molecule has 0 aromatic heterocycles. The minimum absolute atomic E-state index is 0.195. The van der Waals surface area contributed by atoms with Crippen molar-refractivity contribution in [3.05, 3.63) is 35.4 Å². The topological polar surface area (TPSA) is 58.6 Å². The van der Waals surface area contributed by atoms with E-state index in [1.807, 2.05) is 26.0 Å². The lowest BCUT2D eigenvalue weighted by atomic mass is 10.1. The third kappa shape index (κ3) is 2.36. The maximum Gasteiger partial charge on any atom is 0.271 e. The molecule has 0 spiro atoms. The second-order valence-corrected chi connectivity index (χ2v) is 4.17. The van der Waals surface area contributed by atoms with Crippen LogP contribution < -0.4 is 5.32 Å². The summed E-state index contributed by atoms with van der Waals surface area (Å²) in [7, 11) is 0. The van der Waals surface area contributed by atoms with Crippen molar-refractivity contribution in [2.75, 3.05) is 13.2 Å². The van der Waals surface area contributed by atoms with E-state index in [1.165, 1.54) is 5.06 Å². The van der Waals surface area contributed by atoms with Crippen LogP contribution in [0.1, 0.15) is 22.8 Å². The van der Waals surface area contributed by atoms with Crippen molar-refractivity contribution >= 4 is 11.8 Å². The van der Waals surface area contributed by atoms with E-state index in [1.54, 1.807) is 12.1 Å². The van der Waals surface area contributed by atoms with Crippen molar-refractivity contribution in [3.63, 3.8) is 0 Å². The average molecular weight is 248 g/mol. The number of likely N-dealkylation sites (N-methyl/N-ethyl adjacent to an activating group) is 1. The lowest BCUT2D eigenvalue weighted by Gasteiger charge is -2.12. The van der Waals surface area contributed by atoms with Gasteiger partial charge in [0.1, 0.15) is 12.6 Å². The fourth-order valence-electron chi connectivity index (χ4n) is 1.89. The number of nitrogens with one attached hydrogen (secondary N) is 1. The quantitative estimate of drug-likeness (QED) is 0.864. The number of aryl methyl sites for hydroxylation is 1. The monoisotopic (exact) mass is 248 g/mol. The summed E-state index contributed by atoms with van der Waals surface area (Å²) in [5.74, 6) is -0.438. The summed E-state index contributed by atoms with van der Waals surface area (Å²) in [6.07, 6.45) is 0. The second-order valence-electron chi connectivity index (χ2n) is 4.17. The van der Waals surface area contributed by atoms with Crippen LogP contribution in [0.3, 0.4) is 0 Å². The van der Waals surface area contributed by atoms with Crippen LogP contribution in [0.2, 0.25) is 0 Å². The first-order valence-electron chi connectivity index (χ1n) is 5.94. The fraction of sp³-hybridized carbons (Fsp3) is 0.385. The molecule has 1 saturated heterocycles. The molecule has 1 N–H and O–H groups in total. The number of carbonyl (C=O) groups is 2. The predicted molar refractivity (Wildman–Crippen MR) is 65.8 cm³/mol. The largest absolute Gasteiger partial charge is 0.338 e. The van der Waals surface area contributed by atoms with E-state index in [0.29, 0.717) is 12.1 Å². The molecule has 96 valence electrons. The van der Waals surface area contributed by atoms with Crippen LogP contribution in [0.4, 0.5) is 0 Å². The Bertz CT molecular complexity index is 473. The molecule has 2 rings (SSSR count). The summed E-state index contributed by atoms with van der Waals surface area (Å²) in [6, 6.07) is 6.68. The van der Waals surface area contributed by atoms with Crippen LogP contribution in [-0.2, 0) is 9.63 Å². The van der Waals surface area contributed by atoms with Gasteiger partial charge in [-0.3, -0.25) is 14.4 Å². The summed E-state index contributed by atoms with van der Waals surface area (Å²) >= 11 is 0. The SMILES string of the molecule is CCN1OC[C@@H](NC(=O)c2ccccc2C)C1=O. The Hall–Kier alpha value is -1.88. The summed E-state index contributed by atoms with van der Waals surface area (Å²) in [5.41, 5.74) is 1.47. The van der Waals surface area contributed by atoms with Crippen molar-refractivity contribution < 1.29 is 14.4 Å². The summed E-state index contributed by atoms with van der Waals surface area (Å²) in [6.45, 7) is 4.36. The first-order chi connectivity index (χ1) is 8.63. The number of carbonyl (C=O) groups excluding carboxylic acids is 2. The standard InChI is InChI=1S/C13H16N2O3/c1-3-15-13(17)11(8-18-15)14-12(16)10-7-5-4-6-9(10)2/h4-7,11H,3,8H2,1-2H3,(H,14,16)/t11-/m1/s1. The normalized spacial score (nSPS) is 19.1. The Balaban J connectivity index is 2.05. The van der Waals surface area contributed by atoms with E-state index in [4.69, 9.17) is 4.84 Å². The number of benzene rings is 1. The van der Waals surface area contributed by atoms with Gasteiger partial charge in [0, 0.05) is 12.1 Å². The number of hydrogen-bond donors (Lipinski definition) is 1. The molecule has 18 heavy (non-hydrogen) atoms. The van der Waals surface area contributed by atoms with Gasteiger partial charge in [-0.1, -0.05) is 18.2 Å². The fourth-order valence-corrected chi connectivity index (χ4v) is 1.89. The Morgan fingerprint density at radius 3 is 2.83 bits per heavy atom. The summed E-state index contributed by atoms with van der Waals surface area (Å²) in [4.78, 5) is 29.0. The van der Waals surface area contributed by atoms with Crippen LogP contribution in [0.5, 0.6) is 0 Å². The molecule has 0 saturated carbocycles. The van der Waals surface area contributed by atoms with Crippen LogP contribution in [-0.4, -0.2) is 36.1 Å². The van der Waals surface area contributed by atoms with Gasteiger partial charge in [-0.15, -0.1) is 0 Å². The van der Waals surface area contributed by atoms with Gasteiger partial charge < -0.3 is 5.32 Å². The van der Waals surface area contributed by atoms with Gasteiger partial charge in [0.05, 0.1) is 0 Å². The lowest BCUT2D eigenvalue weighted by Crippen LogP contribution is -2.42. The highest BCUT2D eigenvalue weighted by molar-refractivity contribution is 5.98. The predicted octanol–water partition coefficient (Wildman–Crippen LogP) is 0.887. The highest BCUT2D eigenvalue weighted by atomic mass is 16.7. The van der Waals surface area contributed by atoms with Gasteiger partial charge in [-0.25, -0.2) is 5.06 Å². The molecule has 1 aliphatic rings. The van der Waals surface area contributed by atoms with Gasteiger partial charge in [0.15, 0.2) is 0 Å². The van der Waals surface area contributed by atoms with E-state index in [9.17, 15) is 9.59 Å². The van der Waals surface area contributed by atoms with E-state index in [-0.39, 0.29) is 18.4 Å². The Morgan fingerprint density at radius 1 is 1.50 bits per heavy atom. The molecule has 1 aromatic rings. The molecule has 5 nitrogen and oxygen atoms in total. The average Bonchev–Trinajstić information content (AvgIpc) is 2.71. The van der Waals surface area contributed by atoms with Crippen molar-refractivity contribution in [2.24, 2.45) is 0 Å². The van der Waals surface area contributed by atoms with E-state index in [0.717, 1.165) is 5.56 Å². The van der Waals surface area contributed by atoms with E-state index < -0.39 is 6.04 Å². The molecule has 1 aromatic carbocycles. The van der Waals surface area contributed by atoms with Crippen LogP contribution in [0.25, 0.3) is 0 Å². The highest BCUT2D eigenvalue weighted by Gasteiger charge is 2.33. The van der Waals surface area contributed by atoms with E-state index >= 15 is 0 Å². The summed E-state index contributed by atoms with van der Waals surface area (Å²) < 4.78 is 0. The van der Waals surface area contributed by atoms with Gasteiger partial charge in [-0.2, -0.15) is 0 Å². The van der Waals surface area contributed by atoms with Gasteiger partial charge >= 0.3 is 0 Å². The van der Waals surface area contributed by atoms with Gasteiger partial charge in [0.2, 0.25) is 0 Å². The van der Waals surface area contributed by atoms with Crippen LogP contribution in [0.15, 0.2) is 24.3 Å². The minimum atomic E-state index is -0.586. The number of hydroxylamine groups is 2. The second kappa shape index (κ2) is 5.18. The van der Waals surface area contributed by atoms with Gasteiger partial charge in [0.25, 0.3) is 11.8 Å². The summed E-state index contributed by atoms with van der Waals surface area (Å²) in [5, 5.41) is 3.96. The Morgan fingerprint density at radius 2 is 2.22 bits per heavy atom. The zero-order chi connectivity index (χ0) is 13.1. The van der Waals surface area contributed by atoms with Crippen LogP contribution in [0, 0.1) is 6.92 Å². The maximum atomic E-state index is 12.0. The van der Waals surface area contributed by atoms with Crippen LogP contribution >= 0.6 is 0 Å². The molecule has 0 aliphatic carbocycles. The molecular weight excluding hydrogens is 232 g/mol. The molecule has 1 atom stereocenters. The third-order valence-electron chi connectivity index (χ3n) is 2.92. The molecule has 0 unspecified atom stereocenters. The maximum absolute atomic E-state index is 12.0. The third-order valence-corrected chi connectivity index (χ3v) is 2.92. The Labute approximate surface area is 106 Å². The molecular formula is C13H16N2O3. The Kier molecular flexibility index (Phi) is 3.62. The van der Waals surface area contributed by atoms with Gasteiger partial charge in [-0.05, 0) is 25.5 Å². The van der Waals surface area contributed by atoms with Crippen molar-refractivity contribution in [1.82, 2.24) is 10.4 Å². The van der Waals surface area contributed by atoms with Crippen molar-refractivity contribution in [2.45, 2.75) is 19.9 Å². The smallest absolute Gasteiger partial charge is 0.271 e. The lowest BCUT2D eigenvalue weighted by molar-refractivity contribution is -0.160. The molecule has 0 radical (unpaired) electrons. The number of nitrogens with zero attached hydrogens (tertiary/aromatic N) is 1. The van der Waals surface area contributed by atoms with Crippen molar-refractivity contribution in [1.29, 1.82) is 0 Å². The molecule has 5 heteroatoms. The minimum Gasteiger partial charge on any atom is -0.338 e. The zero-order valence-electron chi connectivity index (χ0n) is 10.5. The molecule has 0 bridgehead atoms. The van der Waals surface area contributed by atoms with Crippen molar-refractivity contribution in [3.8, 4) is 0 Å². The first-order valence-corrected chi connectivity index (χ1v) is 5.94. The zero-order valence-corrected chi connectivity index (χ0v) is 10.5. The first kappa shape index (κ1) is 12.6. The number of rotatable bonds is 3.